The molecule has 2 N–H and O–H groups in total. The van der Waals surface area contributed by atoms with Gasteiger partial charge in [0.1, 0.15) is 29.7 Å². The molecule has 0 saturated heterocycles. The number of benzene rings is 2. The molecule has 34 heavy (non-hydrogen) atoms. The van der Waals surface area contributed by atoms with Gasteiger partial charge >= 0.3 is 0 Å². The number of nitrogens with one attached hydrogen (secondary N) is 2. The van der Waals surface area contributed by atoms with E-state index in [4.69, 9.17) is 14.5 Å². The van der Waals surface area contributed by atoms with Crippen molar-refractivity contribution in [3.63, 3.8) is 0 Å². The Bertz CT molecular complexity index is 1400. The number of halogens is 1. The molecule has 0 bridgehead atoms. The predicted octanol–water partition coefficient (Wildman–Crippen LogP) is 5.02. The van der Waals surface area contributed by atoms with E-state index in [1.54, 1.807) is 36.3 Å². The van der Waals surface area contributed by atoms with Gasteiger partial charge in [0.2, 0.25) is 0 Å². The van der Waals surface area contributed by atoms with Crippen LogP contribution in [0.3, 0.4) is 0 Å². The van der Waals surface area contributed by atoms with Crippen LogP contribution >= 0.6 is 0 Å². The Morgan fingerprint density at radius 1 is 1.12 bits per heavy atom. The van der Waals surface area contributed by atoms with E-state index in [1.807, 2.05) is 43.5 Å². The zero-order valence-electron chi connectivity index (χ0n) is 18.7. The normalized spacial score (nSPS) is 12.0. The molecule has 5 aromatic rings. The molecule has 5 rings (SSSR count). The second kappa shape index (κ2) is 9.22. The van der Waals surface area contributed by atoms with Crippen LogP contribution in [0.4, 0.5) is 10.2 Å². The van der Waals surface area contributed by atoms with Crippen LogP contribution in [0.15, 0.2) is 73.3 Å². The van der Waals surface area contributed by atoms with Crippen LogP contribution in [0.5, 0.6) is 11.5 Å². The van der Waals surface area contributed by atoms with Crippen molar-refractivity contribution in [2.45, 2.75) is 19.6 Å². The monoisotopic (exact) mass is 458 g/mol. The molecule has 0 radical (unpaired) electrons. The summed E-state index contributed by atoms with van der Waals surface area (Å²) in [4.78, 5) is 4.72. The fourth-order valence-corrected chi connectivity index (χ4v) is 3.72. The van der Waals surface area contributed by atoms with Crippen LogP contribution in [0.25, 0.3) is 16.8 Å². The first-order valence-electron chi connectivity index (χ1n) is 10.8. The zero-order chi connectivity index (χ0) is 23.5. The standard InChI is InChI=1S/C25H23FN6O2/c1-16(30-24-9-10-32-25(31-24)22(14-29-32)18-12-27-28-13-18)21-11-19(26)5-8-23(21)34-15-17-3-6-20(33-2)7-4-17/h3-14,16H,15H2,1-2H3,(H,27,28)(H,30,31). The van der Waals surface area contributed by atoms with E-state index in [-0.39, 0.29) is 11.9 Å². The molecule has 0 spiro atoms. The van der Waals surface area contributed by atoms with Crippen molar-refractivity contribution in [2.75, 3.05) is 12.4 Å². The first-order chi connectivity index (χ1) is 16.6. The van der Waals surface area contributed by atoms with Gasteiger partial charge in [-0.2, -0.15) is 10.2 Å². The minimum Gasteiger partial charge on any atom is -0.497 e. The van der Waals surface area contributed by atoms with Crippen molar-refractivity contribution >= 4 is 11.5 Å². The van der Waals surface area contributed by atoms with E-state index in [2.05, 4.69) is 20.6 Å². The van der Waals surface area contributed by atoms with Gasteiger partial charge in [0, 0.05) is 29.1 Å². The minimum absolute atomic E-state index is 0.267. The summed E-state index contributed by atoms with van der Waals surface area (Å²) in [5.74, 6) is 1.68. The van der Waals surface area contributed by atoms with Crippen LogP contribution in [-0.4, -0.2) is 31.9 Å². The smallest absolute Gasteiger partial charge is 0.165 e. The summed E-state index contributed by atoms with van der Waals surface area (Å²) in [5.41, 5.74) is 4.12. The van der Waals surface area contributed by atoms with E-state index in [1.165, 1.54) is 12.1 Å². The number of rotatable bonds is 8. The minimum atomic E-state index is -0.332. The number of aromatic nitrogens is 5. The van der Waals surface area contributed by atoms with Crippen LogP contribution < -0.4 is 14.8 Å². The lowest BCUT2D eigenvalue weighted by molar-refractivity contribution is 0.301. The molecule has 0 saturated carbocycles. The molecule has 0 fully saturated rings. The Labute approximate surface area is 195 Å². The number of anilines is 1. The lowest BCUT2D eigenvalue weighted by Crippen LogP contribution is -2.11. The van der Waals surface area contributed by atoms with E-state index in [0.717, 1.165) is 22.4 Å². The highest BCUT2D eigenvalue weighted by molar-refractivity contribution is 5.76. The molecule has 0 aliphatic rings. The van der Waals surface area contributed by atoms with Crippen molar-refractivity contribution in [3.8, 4) is 22.6 Å². The maximum absolute atomic E-state index is 14.1. The highest BCUT2D eigenvalue weighted by Crippen LogP contribution is 2.30. The van der Waals surface area contributed by atoms with Crippen molar-refractivity contribution in [1.29, 1.82) is 0 Å². The average molecular weight is 458 g/mol. The summed E-state index contributed by atoms with van der Waals surface area (Å²) in [7, 11) is 1.63. The van der Waals surface area contributed by atoms with Crippen molar-refractivity contribution in [3.05, 3.63) is 90.3 Å². The number of ether oxygens (including phenoxy) is 2. The molecule has 1 atom stereocenters. The largest absolute Gasteiger partial charge is 0.497 e. The Morgan fingerprint density at radius 2 is 1.97 bits per heavy atom. The van der Waals surface area contributed by atoms with Crippen LogP contribution in [0.2, 0.25) is 0 Å². The SMILES string of the molecule is COc1ccc(COc2ccc(F)cc2C(C)Nc2ccn3ncc(-c4cn[nH]c4)c3n2)cc1. The molecule has 0 aliphatic heterocycles. The number of hydrogen-bond donors (Lipinski definition) is 2. The molecule has 3 heterocycles. The number of methoxy groups -OCH3 is 1. The lowest BCUT2D eigenvalue weighted by atomic mass is 10.1. The third-order valence-electron chi connectivity index (χ3n) is 5.53. The number of fused-ring (bicyclic) bond motifs is 1. The number of hydrogen-bond acceptors (Lipinski definition) is 6. The van der Waals surface area contributed by atoms with Crippen LogP contribution in [-0.2, 0) is 6.61 Å². The van der Waals surface area contributed by atoms with Crippen LogP contribution in [0, 0.1) is 5.82 Å². The summed E-state index contributed by atoms with van der Waals surface area (Å²) in [6, 6.07) is 13.7. The second-order valence-electron chi connectivity index (χ2n) is 7.81. The summed E-state index contributed by atoms with van der Waals surface area (Å²) >= 11 is 0. The topological polar surface area (TPSA) is 89.4 Å². The quantitative estimate of drug-likeness (QED) is 0.339. The van der Waals surface area contributed by atoms with Gasteiger partial charge in [0.15, 0.2) is 5.65 Å². The maximum Gasteiger partial charge on any atom is 0.165 e. The fraction of sp³-hybridized carbons (Fsp3) is 0.160. The van der Waals surface area contributed by atoms with E-state index in [9.17, 15) is 4.39 Å². The van der Waals surface area contributed by atoms with E-state index >= 15 is 0 Å². The molecule has 8 nitrogen and oxygen atoms in total. The highest BCUT2D eigenvalue weighted by Gasteiger charge is 2.16. The first-order valence-corrected chi connectivity index (χ1v) is 10.8. The number of nitrogens with zero attached hydrogens (tertiary/aromatic N) is 4. The second-order valence-corrected chi connectivity index (χ2v) is 7.81. The summed E-state index contributed by atoms with van der Waals surface area (Å²) in [5, 5.41) is 14.5. The van der Waals surface area contributed by atoms with Crippen molar-refractivity contribution in [2.24, 2.45) is 0 Å². The van der Waals surface area contributed by atoms with Gasteiger partial charge in [-0.3, -0.25) is 5.10 Å². The molecular weight excluding hydrogens is 435 g/mol. The van der Waals surface area contributed by atoms with Crippen molar-refractivity contribution in [1.82, 2.24) is 24.8 Å². The zero-order valence-corrected chi connectivity index (χ0v) is 18.7. The molecular formula is C25H23FN6O2. The van der Waals surface area contributed by atoms with Gasteiger partial charge in [0.05, 0.1) is 25.5 Å². The van der Waals surface area contributed by atoms with Gasteiger partial charge < -0.3 is 14.8 Å². The lowest BCUT2D eigenvalue weighted by Gasteiger charge is -2.19. The van der Waals surface area contributed by atoms with Crippen LogP contribution in [0.1, 0.15) is 24.1 Å². The van der Waals surface area contributed by atoms with Gasteiger partial charge in [0.25, 0.3) is 0 Å². The summed E-state index contributed by atoms with van der Waals surface area (Å²) < 4.78 is 27.1. The van der Waals surface area contributed by atoms with Gasteiger partial charge in [-0.1, -0.05) is 12.1 Å². The van der Waals surface area contributed by atoms with Gasteiger partial charge in [-0.05, 0) is 48.9 Å². The average Bonchev–Trinajstić information content (AvgIpc) is 3.53. The summed E-state index contributed by atoms with van der Waals surface area (Å²) in [6.07, 6.45) is 7.09. The van der Waals surface area contributed by atoms with E-state index in [0.29, 0.717) is 29.4 Å². The van der Waals surface area contributed by atoms with E-state index < -0.39 is 0 Å². The third-order valence-corrected chi connectivity index (χ3v) is 5.53. The van der Waals surface area contributed by atoms with Crippen molar-refractivity contribution < 1.29 is 13.9 Å². The Balaban J connectivity index is 1.37. The molecule has 1 unspecified atom stereocenters. The third kappa shape index (κ3) is 4.40. The molecule has 0 amide bonds. The first kappa shape index (κ1) is 21.4. The van der Waals surface area contributed by atoms with Gasteiger partial charge in [-0.25, -0.2) is 13.9 Å². The molecule has 0 aliphatic carbocycles. The summed E-state index contributed by atoms with van der Waals surface area (Å²) in [6.45, 7) is 2.29. The Morgan fingerprint density at radius 3 is 2.74 bits per heavy atom. The molecule has 9 heteroatoms. The highest BCUT2D eigenvalue weighted by atomic mass is 19.1. The predicted molar refractivity (Wildman–Crippen MR) is 126 cm³/mol. The molecule has 3 aromatic heterocycles. The van der Waals surface area contributed by atoms with Gasteiger partial charge in [-0.15, -0.1) is 0 Å². The Kier molecular flexibility index (Phi) is 5.82. The number of aromatic amines is 1. The number of H-pyrrole nitrogens is 1. The molecule has 2 aromatic carbocycles. The maximum atomic E-state index is 14.1. The molecule has 172 valence electrons. The Hall–Kier alpha value is -4.40. The fourth-order valence-electron chi connectivity index (χ4n) is 3.72.